The lowest BCUT2D eigenvalue weighted by Crippen LogP contribution is -2.58. The molecule has 0 saturated carbocycles. The van der Waals surface area contributed by atoms with Gasteiger partial charge in [-0.2, -0.15) is 0 Å². The Hall–Kier alpha value is -4.50. The van der Waals surface area contributed by atoms with Gasteiger partial charge < -0.3 is 49.0 Å². The second-order valence-corrected chi connectivity index (χ2v) is 9.32. The SMILES string of the molecule is NCCCCC(NC(=O)C(N)CC(N)=O)C(=O)NC(CC(N)=O)C(=O)NC(Cc1c[nH]c2ccccc12)C(=O)O. The third kappa shape index (κ3) is 9.67. The Morgan fingerprint density at radius 1 is 0.825 bits per heavy atom. The van der Waals surface area contributed by atoms with E-state index >= 15 is 0 Å². The number of carbonyl (C=O) groups excluding carboxylic acids is 5. The van der Waals surface area contributed by atoms with Gasteiger partial charge in [-0.15, -0.1) is 0 Å². The minimum Gasteiger partial charge on any atom is -0.480 e. The first kappa shape index (κ1) is 31.7. The first-order valence-electron chi connectivity index (χ1n) is 12.6. The molecule has 0 spiro atoms. The van der Waals surface area contributed by atoms with Crippen molar-refractivity contribution in [3.05, 3.63) is 36.0 Å². The predicted octanol–water partition coefficient (Wildman–Crippen LogP) is -2.54. The van der Waals surface area contributed by atoms with Crippen molar-refractivity contribution in [2.45, 2.75) is 62.7 Å². The van der Waals surface area contributed by atoms with E-state index in [0.717, 1.165) is 10.9 Å². The molecule has 2 aromatic rings. The summed E-state index contributed by atoms with van der Waals surface area (Å²) in [4.78, 5) is 76.4. The van der Waals surface area contributed by atoms with Gasteiger partial charge in [0, 0.05) is 23.5 Å². The van der Waals surface area contributed by atoms with E-state index in [0.29, 0.717) is 24.9 Å². The van der Waals surface area contributed by atoms with Crippen LogP contribution in [0.25, 0.3) is 10.9 Å². The second-order valence-electron chi connectivity index (χ2n) is 9.32. The number of amides is 5. The lowest BCUT2D eigenvalue weighted by molar-refractivity contribution is -0.142. The zero-order valence-electron chi connectivity index (χ0n) is 21.9. The number of nitrogens with two attached hydrogens (primary N) is 4. The zero-order chi connectivity index (χ0) is 29.8. The highest BCUT2D eigenvalue weighted by Gasteiger charge is 2.31. The highest BCUT2D eigenvalue weighted by Crippen LogP contribution is 2.19. The number of carboxylic acid groups (broad SMARTS) is 1. The van der Waals surface area contributed by atoms with E-state index in [4.69, 9.17) is 22.9 Å². The quantitative estimate of drug-likeness (QED) is 0.0920. The largest absolute Gasteiger partial charge is 0.480 e. The summed E-state index contributed by atoms with van der Waals surface area (Å²) in [6.07, 6.45) is 1.49. The smallest absolute Gasteiger partial charge is 0.326 e. The van der Waals surface area contributed by atoms with Crippen molar-refractivity contribution in [2.75, 3.05) is 6.54 Å². The van der Waals surface area contributed by atoms with Crippen LogP contribution < -0.4 is 38.9 Å². The van der Waals surface area contributed by atoms with Gasteiger partial charge in [0.2, 0.25) is 29.5 Å². The first-order chi connectivity index (χ1) is 18.9. The third-order valence-electron chi connectivity index (χ3n) is 6.09. The molecule has 0 saturated heterocycles. The fraction of sp³-hybridized carbons (Fsp3) is 0.440. The molecular formula is C25H36N8O7. The number of hydrogen-bond donors (Lipinski definition) is 9. The van der Waals surface area contributed by atoms with Crippen molar-refractivity contribution < 1.29 is 33.9 Å². The Labute approximate surface area is 229 Å². The maximum Gasteiger partial charge on any atom is 0.326 e. The molecule has 0 radical (unpaired) electrons. The summed E-state index contributed by atoms with van der Waals surface area (Å²) in [6, 6.07) is 1.76. The molecule has 2 rings (SSSR count). The van der Waals surface area contributed by atoms with Crippen LogP contribution in [0.1, 0.15) is 37.7 Å². The van der Waals surface area contributed by atoms with Crippen LogP contribution in [0.3, 0.4) is 0 Å². The minimum atomic E-state index is -1.54. The normalized spacial score (nSPS) is 13.9. The molecule has 0 bridgehead atoms. The molecule has 218 valence electrons. The van der Waals surface area contributed by atoms with E-state index in [1.54, 1.807) is 18.3 Å². The van der Waals surface area contributed by atoms with E-state index in [1.807, 2.05) is 12.1 Å². The van der Waals surface area contributed by atoms with E-state index in [1.165, 1.54) is 0 Å². The molecular weight excluding hydrogens is 524 g/mol. The number of unbranched alkanes of at least 4 members (excludes halogenated alkanes) is 1. The third-order valence-corrected chi connectivity index (χ3v) is 6.09. The summed E-state index contributed by atoms with van der Waals surface area (Å²) in [5, 5.41) is 17.7. The molecule has 15 heteroatoms. The van der Waals surface area contributed by atoms with Crippen LogP contribution in [0, 0.1) is 0 Å². The number of carbonyl (C=O) groups is 6. The number of aromatic amines is 1. The summed E-state index contributed by atoms with van der Waals surface area (Å²) < 4.78 is 0. The number of H-pyrrole nitrogens is 1. The van der Waals surface area contributed by atoms with Crippen LogP contribution in [0.15, 0.2) is 30.5 Å². The summed E-state index contributed by atoms with van der Waals surface area (Å²) in [5.74, 6) is -5.72. The monoisotopic (exact) mass is 560 g/mol. The summed E-state index contributed by atoms with van der Waals surface area (Å²) in [7, 11) is 0. The van der Waals surface area contributed by atoms with E-state index in [9.17, 15) is 33.9 Å². The highest BCUT2D eigenvalue weighted by molar-refractivity contribution is 5.96. The molecule has 13 N–H and O–H groups in total. The Morgan fingerprint density at radius 3 is 2.05 bits per heavy atom. The number of para-hydroxylation sites is 1. The van der Waals surface area contributed by atoms with Crippen LogP contribution in [0.4, 0.5) is 0 Å². The highest BCUT2D eigenvalue weighted by atomic mass is 16.4. The van der Waals surface area contributed by atoms with Crippen LogP contribution >= 0.6 is 0 Å². The Bertz CT molecular complexity index is 1230. The van der Waals surface area contributed by atoms with Gasteiger partial charge in [0.15, 0.2) is 0 Å². The number of rotatable bonds is 17. The maximum absolute atomic E-state index is 13.1. The van der Waals surface area contributed by atoms with Crippen molar-refractivity contribution in [1.29, 1.82) is 0 Å². The minimum absolute atomic E-state index is 0.0855. The summed E-state index contributed by atoms with van der Waals surface area (Å²) in [5.41, 5.74) is 22.9. The first-order valence-corrected chi connectivity index (χ1v) is 12.6. The molecule has 4 atom stereocenters. The molecule has 5 amide bonds. The zero-order valence-corrected chi connectivity index (χ0v) is 21.9. The van der Waals surface area contributed by atoms with Gasteiger partial charge in [0.1, 0.15) is 18.1 Å². The fourth-order valence-corrected chi connectivity index (χ4v) is 4.03. The molecule has 0 aliphatic carbocycles. The van der Waals surface area contributed by atoms with Crippen molar-refractivity contribution in [3.63, 3.8) is 0 Å². The Balaban J connectivity index is 2.18. The number of carboxylic acids is 1. The molecule has 4 unspecified atom stereocenters. The number of fused-ring (bicyclic) bond motifs is 1. The number of primary amides is 2. The van der Waals surface area contributed by atoms with Crippen molar-refractivity contribution in [1.82, 2.24) is 20.9 Å². The number of benzene rings is 1. The maximum atomic E-state index is 13.1. The van der Waals surface area contributed by atoms with Gasteiger partial charge in [0.25, 0.3) is 0 Å². The summed E-state index contributed by atoms with van der Waals surface area (Å²) >= 11 is 0. The lowest BCUT2D eigenvalue weighted by Gasteiger charge is -2.24. The van der Waals surface area contributed by atoms with Crippen molar-refractivity contribution in [2.24, 2.45) is 22.9 Å². The number of hydrogen-bond acceptors (Lipinski definition) is 8. The van der Waals surface area contributed by atoms with Gasteiger partial charge in [-0.3, -0.25) is 24.0 Å². The van der Waals surface area contributed by atoms with Crippen molar-refractivity contribution >= 4 is 46.4 Å². The van der Waals surface area contributed by atoms with E-state index < -0.39 is 72.5 Å². The molecule has 0 aliphatic rings. The van der Waals surface area contributed by atoms with Gasteiger partial charge in [-0.25, -0.2) is 4.79 Å². The number of aliphatic carboxylic acids is 1. The van der Waals surface area contributed by atoms with Gasteiger partial charge >= 0.3 is 5.97 Å². The Kier molecular flexibility index (Phi) is 12.0. The van der Waals surface area contributed by atoms with Crippen molar-refractivity contribution in [3.8, 4) is 0 Å². The van der Waals surface area contributed by atoms with Crippen LogP contribution in [-0.4, -0.2) is 76.3 Å². The molecule has 15 nitrogen and oxygen atoms in total. The predicted molar refractivity (Wildman–Crippen MR) is 144 cm³/mol. The average Bonchev–Trinajstić information content (AvgIpc) is 3.29. The molecule has 0 aliphatic heterocycles. The topological polar surface area (TPSA) is 279 Å². The van der Waals surface area contributed by atoms with Crippen LogP contribution in [-0.2, 0) is 35.2 Å². The number of aromatic nitrogens is 1. The average molecular weight is 561 g/mol. The summed E-state index contributed by atoms with van der Waals surface area (Å²) in [6.45, 7) is 0.323. The Morgan fingerprint density at radius 2 is 1.43 bits per heavy atom. The standard InChI is InChI=1S/C25H36N8O7/c26-8-4-3-7-17(31-22(36)15(27)10-20(28)34)23(37)32-18(11-21(29)35)24(38)33-19(25(39)40)9-13-12-30-16-6-2-1-5-14(13)16/h1-2,5-6,12,15,17-19,30H,3-4,7-11,26-27H2,(H2,28,34)(H2,29,35)(H,31,36)(H,32,37)(H,33,38)(H,39,40). The molecule has 1 aromatic carbocycles. The molecule has 0 fully saturated rings. The fourth-order valence-electron chi connectivity index (χ4n) is 4.03. The number of nitrogens with one attached hydrogen (secondary N) is 4. The van der Waals surface area contributed by atoms with Crippen LogP contribution in [0.5, 0.6) is 0 Å². The second kappa shape index (κ2) is 15.2. The van der Waals surface area contributed by atoms with E-state index in [-0.39, 0.29) is 12.8 Å². The van der Waals surface area contributed by atoms with Gasteiger partial charge in [-0.1, -0.05) is 18.2 Å². The van der Waals surface area contributed by atoms with E-state index in [2.05, 4.69) is 20.9 Å². The molecule has 1 aromatic heterocycles. The van der Waals surface area contributed by atoms with Gasteiger partial charge in [0.05, 0.1) is 18.9 Å². The molecule has 40 heavy (non-hydrogen) atoms. The lowest BCUT2D eigenvalue weighted by atomic mass is 10.0. The molecule has 1 heterocycles. The van der Waals surface area contributed by atoms with Crippen LogP contribution in [0.2, 0.25) is 0 Å². The van der Waals surface area contributed by atoms with Gasteiger partial charge in [-0.05, 0) is 37.4 Å².